The molecule has 0 aliphatic heterocycles. The zero-order chi connectivity index (χ0) is 48.8. The number of rotatable bonds is 5. The first-order valence-corrected chi connectivity index (χ1v) is 18.6. The minimum absolute atomic E-state index is 0.132. The SMILES string of the molecule is [2H]c1c([2H])c([2H])c(-c2c([2H])c([2H])c(-c3c([2H])c([2H])c([2H])c(-n4c5ccccc5c5cccc(-n6c7ccccc7c7ccc(-n8c9ccccc9c9ccccc98)cc76)c54)c3[2H])c([2H])c2[2H])c([2H])c1[2H]. The fraction of sp³-hybridized carbons (Fsp3) is 0. The molecule has 12 rings (SSSR count). The number of nitrogens with zero attached hydrogens (tertiary/aromatic N) is 3. The Bertz CT molecular complexity index is 4190. The topological polar surface area (TPSA) is 14.8 Å². The van der Waals surface area contributed by atoms with Crippen molar-refractivity contribution in [2.75, 3.05) is 0 Å². The quantitative estimate of drug-likeness (QED) is 0.167. The van der Waals surface area contributed by atoms with E-state index < -0.39 is 101 Å². The van der Waals surface area contributed by atoms with Crippen LogP contribution >= 0.6 is 0 Å². The zero-order valence-electron chi connectivity index (χ0n) is 43.0. The molecule has 3 nitrogen and oxygen atoms in total. The minimum Gasteiger partial charge on any atom is -0.309 e. The molecule has 0 unspecified atom stereocenters. The second-order valence-electron chi connectivity index (χ2n) is 13.9. The van der Waals surface area contributed by atoms with Crippen molar-refractivity contribution in [1.29, 1.82) is 0 Å². The number of para-hydroxylation sites is 5. The van der Waals surface area contributed by atoms with Gasteiger partial charge in [0.2, 0.25) is 0 Å². The van der Waals surface area contributed by atoms with Gasteiger partial charge in [-0.1, -0.05) is 157 Å². The minimum atomic E-state index is -0.762. The lowest BCUT2D eigenvalue weighted by Crippen LogP contribution is -2.01. The van der Waals surface area contributed by atoms with Crippen LogP contribution in [0.3, 0.4) is 0 Å². The molecule has 3 heteroatoms. The van der Waals surface area contributed by atoms with Gasteiger partial charge in [0.25, 0.3) is 0 Å². The summed E-state index contributed by atoms with van der Waals surface area (Å²) in [4.78, 5) is 0. The van der Waals surface area contributed by atoms with Gasteiger partial charge in [0.1, 0.15) is 0 Å². The Balaban J connectivity index is 1.16. The van der Waals surface area contributed by atoms with Crippen molar-refractivity contribution >= 4 is 65.4 Å². The van der Waals surface area contributed by atoms with Gasteiger partial charge in [-0.25, -0.2) is 0 Å². The number of hydrogen-bond acceptors (Lipinski definition) is 0. The molecule has 0 fully saturated rings. The summed E-state index contributed by atoms with van der Waals surface area (Å²) in [6, 6.07) is 35.6. The highest BCUT2D eigenvalue weighted by Gasteiger charge is 2.21. The first kappa shape index (κ1) is 21.5. The third-order valence-electron chi connectivity index (χ3n) is 10.9. The summed E-state index contributed by atoms with van der Waals surface area (Å²) < 4.78 is 123. The maximum Gasteiger partial charge on any atom is 0.0782 e. The van der Waals surface area contributed by atoms with E-state index in [-0.39, 0.29) is 5.69 Å². The van der Waals surface area contributed by atoms with Gasteiger partial charge in [-0.05, 0) is 76.8 Å². The summed E-state index contributed by atoms with van der Waals surface area (Å²) in [5.41, 5.74) is 4.43. The van der Waals surface area contributed by atoms with Gasteiger partial charge in [-0.2, -0.15) is 0 Å². The summed E-state index contributed by atoms with van der Waals surface area (Å²) in [5, 5.41) is 5.72. The van der Waals surface area contributed by atoms with Gasteiger partial charge in [0, 0.05) is 43.7 Å². The molecular weight excluding hydrogens is 691 g/mol. The van der Waals surface area contributed by atoms with E-state index in [0.717, 1.165) is 60.1 Å². The molecule has 0 saturated carbocycles. The molecule has 0 atom stereocenters. The molecule has 3 heterocycles. The molecule has 0 bridgehead atoms. The van der Waals surface area contributed by atoms with Crippen molar-refractivity contribution in [3.63, 3.8) is 0 Å². The van der Waals surface area contributed by atoms with Crippen molar-refractivity contribution in [2.24, 2.45) is 0 Å². The third kappa shape index (κ3) is 4.79. The second kappa shape index (κ2) is 12.5. The third-order valence-corrected chi connectivity index (χ3v) is 10.9. The van der Waals surface area contributed by atoms with Crippen molar-refractivity contribution in [1.82, 2.24) is 13.7 Å². The van der Waals surface area contributed by atoms with Crippen LogP contribution in [0.4, 0.5) is 0 Å². The number of fused-ring (bicyclic) bond motifs is 9. The largest absolute Gasteiger partial charge is 0.309 e. The van der Waals surface area contributed by atoms with E-state index in [0.29, 0.717) is 16.7 Å². The van der Waals surface area contributed by atoms with Crippen molar-refractivity contribution in [3.8, 4) is 39.3 Å². The predicted octanol–water partition coefficient (Wildman–Crippen LogP) is 14.3. The predicted molar refractivity (Wildman–Crippen MR) is 240 cm³/mol. The average molecular weight is 739 g/mol. The van der Waals surface area contributed by atoms with Crippen LogP contribution in [0.25, 0.3) is 105 Å². The van der Waals surface area contributed by atoms with Crippen LogP contribution in [-0.2, 0) is 0 Å². The molecule has 266 valence electrons. The first-order valence-electron chi connectivity index (χ1n) is 25.1. The Morgan fingerprint density at radius 3 is 1.46 bits per heavy atom. The van der Waals surface area contributed by atoms with Crippen LogP contribution in [0, 0.1) is 0 Å². The lowest BCUT2D eigenvalue weighted by atomic mass is 10.00. The van der Waals surface area contributed by atoms with E-state index in [2.05, 4.69) is 57.7 Å². The molecule has 3 aromatic heterocycles. The molecule has 0 N–H and O–H groups in total. The summed E-state index contributed by atoms with van der Waals surface area (Å²) >= 11 is 0. The van der Waals surface area contributed by atoms with E-state index in [1.165, 1.54) is 0 Å². The number of benzene rings is 9. The lowest BCUT2D eigenvalue weighted by Gasteiger charge is -2.16. The molecular formula is C54H35N3. The second-order valence-corrected chi connectivity index (χ2v) is 13.9. The fourth-order valence-electron chi connectivity index (χ4n) is 8.48. The smallest absolute Gasteiger partial charge is 0.0782 e. The van der Waals surface area contributed by atoms with Crippen molar-refractivity contribution in [3.05, 3.63) is 212 Å². The first-order chi connectivity index (χ1) is 33.7. The molecule has 0 spiro atoms. The van der Waals surface area contributed by atoms with Crippen molar-refractivity contribution < 1.29 is 17.8 Å². The van der Waals surface area contributed by atoms with Gasteiger partial charge in [0.05, 0.1) is 56.6 Å². The van der Waals surface area contributed by atoms with Gasteiger partial charge < -0.3 is 13.7 Å². The van der Waals surface area contributed by atoms with Crippen LogP contribution in [0.1, 0.15) is 17.8 Å². The van der Waals surface area contributed by atoms with Crippen molar-refractivity contribution in [2.45, 2.75) is 0 Å². The van der Waals surface area contributed by atoms with E-state index in [1.54, 1.807) is 4.57 Å². The number of hydrogen-bond donors (Lipinski definition) is 0. The van der Waals surface area contributed by atoms with Gasteiger partial charge in [-0.3, -0.25) is 0 Å². The van der Waals surface area contributed by atoms with E-state index >= 15 is 0 Å². The molecule has 0 amide bonds. The Morgan fingerprint density at radius 2 is 0.807 bits per heavy atom. The standard InChI is InChI=1S/C54H35N3/c1-2-14-36(15-3-1)37-28-30-38(31-29-37)39-16-12-17-40(34-39)56-50-25-10-7-21-45(50)47-22-13-27-52(54(47)56)57-51-26-11-6-20-44(51)46-33-32-41(35-53(46)57)55-48-23-8-4-18-42(48)43-19-5-9-24-49(43)55/h1-35H/i1D,2D,3D,12D,14D,15D,16D,17D,28D,29D,30D,31D,34D. The van der Waals surface area contributed by atoms with Gasteiger partial charge in [0.15, 0.2) is 0 Å². The Kier molecular flexibility index (Phi) is 4.69. The Labute approximate surface area is 347 Å². The molecule has 0 aliphatic rings. The Hall–Kier alpha value is -7.62. The lowest BCUT2D eigenvalue weighted by molar-refractivity contribution is 1.12. The highest BCUT2D eigenvalue weighted by molar-refractivity contribution is 6.16. The highest BCUT2D eigenvalue weighted by atomic mass is 15.1. The van der Waals surface area contributed by atoms with Crippen LogP contribution in [0.5, 0.6) is 0 Å². The summed E-state index contributed by atoms with van der Waals surface area (Å²) in [7, 11) is 0. The normalized spacial score (nSPS) is 15.1. The van der Waals surface area contributed by atoms with Gasteiger partial charge >= 0.3 is 0 Å². The average Bonchev–Trinajstić information content (AvgIpc) is 4.01. The van der Waals surface area contributed by atoms with E-state index in [4.69, 9.17) is 9.60 Å². The van der Waals surface area contributed by atoms with Crippen LogP contribution in [0.15, 0.2) is 212 Å². The van der Waals surface area contributed by atoms with Gasteiger partial charge in [-0.15, -0.1) is 0 Å². The van der Waals surface area contributed by atoms with Crippen LogP contribution < -0.4 is 0 Å². The number of aromatic nitrogens is 3. The summed E-state index contributed by atoms with van der Waals surface area (Å²) in [6.45, 7) is 0. The molecule has 9 aromatic carbocycles. The zero-order valence-corrected chi connectivity index (χ0v) is 30.0. The monoisotopic (exact) mass is 738 g/mol. The highest BCUT2D eigenvalue weighted by Crippen LogP contribution is 2.41. The van der Waals surface area contributed by atoms with E-state index in [9.17, 15) is 8.22 Å². The maximum atomic E-state index is 9.96. The molecule has 0 saturated heterocycles. The van der Waals surface area contributed by atoms with E-state index in [1.807, 2.05) is 84.9 Å². The molecule has 0 radical (unpaired) electrons. The molecule has 12 aromatic rings. The molecule has 57 heavy (non-hydrogen) atoms. The maximum absolute atomic E-state index is 9.96. The van der Waals surface area contributed by atoms with Crippen LogP contribution in [0.2, 0.25) is 0 Å². The summed E-state index contributed by atoms with van der Waals surface area (Å²) in [5.74, 6) is 0. The Morgan fingerprint density at radius 1 is 0.316 bits per heavy atom. The van der Waals surface area contributed by atoms with Crippen LogP contribution in [-0.4, -0.2) is 13.7 Å². The molecule has 0 aliphatic carbocycles. The fourth-order valence-corrected chi connectivity index (χ4v) is 8.48. The summed E-state index contributed by atoms with van der Waals surface area (Å²) in [6.07, 6.45) is 0.